The molecule has 0 aromatic carbocycles. The fraction of sp³-hybridized carbons (Fsp3) is 0.333. The Morgan fingerprint density at radius 1 is 1.91 bits per heavy atom. The van der Waals surface area contributed by atoms with Crippen LogP contribution in [0.2, 0.25) is 0 Å². The van der Waals surface area contributed by atoms with E-state index in [9.17, 15) is 4.79 Å². The molecule has 0 aliphatic rings. The van der Waals surface area contributed by atoms with Crippen LogP contribution in [0, 0.1) is 0 Å². The Hall–Kier alpha value is -0.940. The summed E-state index contributed by atoms with van der Waals surface area (Å²) < 4.78 is 0. The lowest BCUT2D eigenvalue weighted by Crippen LogP contribution is -2.11. The number of aliphatic hydroxyl groups is 1. The summed E-state index contributed by atoms with van der Waals surface area (Å²) in [5, 5.41) is 11.1. The molecule has 5 heteroatoms. The van der Waals surface area contributed by atoms with E-state index in [0.29, 0.717) is 5.01 Å². The average Bonchev–Trinajstić information content (AvgIpc) is 2.33. The zero-order valence-electron chi connectivity index (χ0n) is 5.94. The largest absolute Gasteiger partial charge is 0.386 e. The van der Waals surface area contributed by atoms with Crippen LogP contribution in [-0.4, -0.2) is 16.0 Å². The van der Waals surface area contributed by atoms with Gasteiger partial charge in [-0.25, -0.2) is 4.98 Å². The predicted octanol–water partition coefficient (Wildman–Crippen LogP) is 0.295. The van der Waals surface area contributed by atoms with Crippen LogP contribution >= 0.6 is 11.3 Å². The molecule has 0 spiro atoms. The molecule has 0 saturated heterocycles. The highest BCUT2D eigenvalue weighted by Crippen LogP contribution is 2.16. The van der Waals surface area contributed by atoms with Crippen LogP contribution in [0.5, 0.6) is 0 Å². The molecule has 3 N–H and O–H groups in total. The number of nitrogens with zero attached hydrogens (tertiary/aromatic N) is 1. The molecule has 0 bridgehead atoms. The molecule has 0 aliphatic heterocycles. The summed E-state index contributed by atoms with van der Waals surface area (Å²) in [7, 11) is 0. The number of carbonyl (C=O) groups is 1. The minimum absolute atomic E-state index is 0.214. The van der Waals surface area contributed by atoms with Gasteiger partial charge in [0.1, 0.15) is 16.8 Å². The van der Waals surface area contributed by atoms with E-state index in [4.69, 9.17) is 10.8 Å². The van der Waals surface area contributed by atoms with E-state index >= 15 is 0 Å². The van der Waals surface area contributed by atoms with Crippen molar-refractivity contribution >= 4 is 17.2 Å². The monoisotopic (exact) mass is 172 g/mol. The highest BCUT2D eigenvalue weighted by Gasteiger charge is 2.09. The van der Waals surface area contributed by atoms with E-state index in [1.54, 1.807) is 6.92 Å². The Morgan fingerprint density at radius 2 is 2.55 bits per heavy atom. The third-order valence-electron chi connectivity index (χ3n) is 1.13. The SMILES string of the molecule is C[C@@H](O)c1nc(C(N)=O)cs1. The summed E-state index contributed by atoms with van der Waals surface area (Å²) in [4.78, 5) is 14.3. The van der Waals surface area contributed by atoms with Crippen LogP contribution in [0.15, 0.2) is 5.38 Å². The number of primary amides is 1. The Morgan fingerprint density at radius 3 is 2.82 bits per heavy atom. The van der Waals surface area contributed by atoms with Gasteiger partial charge in [0.25, 0.3) is 5.91 Å². The molecule has 1 atom stereocenters. The lowest BCUT2D eigenvalue weighted by Gasteiger charge is -1.94. The Labute approximate surface area is 67.7 Å². The van der Waals surface area contributed by atoms with Crippen LogP contribution in [0.1, 0.15) is 28.5 Å². The summed E-state index contributed by atoms with van der Waals surface area (Å²) in [5.74, 6) is -0.562. The summed E-state index contributed by atoms with van der Waals surface area (Å²) in [6.07, 6.45) is -0.631. The van der Waals surface area contributed by atoms with Gasteiger partial charge in [-0.2, -0.15) is 0 Å². The number of amides is 1. The van der Waals surface area contributed by atoms with Gasteiger partial charge in [0, 0.05) is 5.38 Å². The van der Waals surface area contributed by atoms with Crippen LogP contribution in [0.3, 0.4) is 0 Å². The molecule has 60 valence electrons. The molecule has 0 radical (unpaired) electrons. The zero-order chi connectivity index (χ0) is 8.43. The van der Waals surface area contributed by atoms with Gasteiger partial charge in [0.2, 0.25) is 0 Å². The van der Waals surface area contributed by atoms with Crippen molar-refractivity contribution in [2.45, 2.75) is 13.0 Å². The van der Waals surface area contributed by atoms with Crippen LogP contribution < -0.4 is 5.73 Å². The number of aliphatic hydroxyl groups excluding tert-OH is 1. The van der Waals surface area contributed by atoms with Gasteiger partial charge >= 0.3 is 0 Å². The highest BCUT2D eigenvalue weighted by molar-refractivity contribution is 7.09. The van der Waals surface area contributed by atoms with Gasteiger partial charge in [-0.1, -0.05) is 0 Å². The molecule has 4 nitrogen and oxygen atoms in total. The van der Waals surface area contributed by atoms with Crippen molar-refractivity contribution in [1.82, 2.24) is 4.98 Å². The minimum atomic E-state index is -0.631. The first-order chi connectivity index (χ1) is 5.11. The van der Waals surface area contributed by atoms with Gasteiger partial charge in [0.15, 0.2) is 0 Å². The molecule has 0 saturated carbocycles. The number of nitrogens with two attached hydrogens (primary N) is 1. The highest BCUT2D eigenvalue weighted by atomic mass is 32.1. The van der Waals surface area contributed by atoms with Crippen LogP contribution in [0.4, 0.5) is 0 Å². The molecule has 1 rings (SSSR count). The quantitative estimate of drug-likeness (QED) is 0.673. The van der Waals surface area contributed by atoms with E-state index < -0.39 is 12.0 Å². The molecule has 1 heterocycles. The van der Waals surface area contributed by atoms with Crippen molar-refractivity contribution in [2.24, 2.45) is 5.73 Å². The van der Waals surface area contributed by atoms with Gasteiger partial charge in [-0.15, -0.1) is 11.3 Å². The van der Waals surface area contributed by atoms with E-state index in [2.05, 4.69) is 4.98 Å². The smallest absolute Gasteiger partial charge is 0.268 e. The molecule has 11 heavy (non-hydrogen) atoms. The third-order valence-corrected chi connectivity index (χ3v) is 2.15. The molecule has 0 aliphatic carbocycles. The number of hydrogen-bond donors (Lipinski definition) is 2. The Bertz CT molecular complexity index is 269. The Kier molecular flexibility index (Phi) is 2.21. The molecular weight excluding hydrogens is 164 g/mol. The topological polar surface area (TPSA) is 76.2 Å². The van der Waals surface area contributed by atoms with Crippen LogP contribution in [-0.2, 0) is 0 Å². The van der Waals surface area contributed by atoms with Crippen molar-refractivity contribution in [3.8, 4) is 0 Å². The van der Waals surface area contributed by atoms with Crippen molar-refractivity contribution in [3.05, 3.63) is 16.1 Å². The second-order valence-electron chi connectivity index (χ2n) is 2.11. The summed E-state index contributed by atoms with van der Waals surface area (Å²) in [6.45, 7) is 1.59. The molecule has 0 fully saturated rings. The molecule has 0 unspecified atom stereocenters. The fourth-order valence-electron chi connectivity index (χ4n) is 0.593. The van der Waals surface area contributed by atoms with E-state index in [1.165, 1.54) is 16.7 Å². The minimum Gasteiger partial charge on any atom is -0.386 e. The standard InChI is InChI=1S/C6H8N2O2S/c1-3(9)6-8-4(2-11-6)5(7)10/h2-3,9H,1H3,(H2,7,10)/t3-/m1/s1. The molecule has 1 aromatic heterocycles. The van der Waals surface area contributed by atoms with E-state index in [1.807, 2.05) is 0 Å². The summed E-state index contributed by atoms with van der Waals surface area (Å²) >= 11 is 1.22. The first kappa shape index (κ1) is 8.16. The predicted molar refractivity (Wildman–Crippen MR) is 41.3 cm³/mol. The van der Waals surface area contributed by atoms with E-state index in [0.717, 1.165) is 0 Å². The maximum absolute atomic E-state index is 10.5. The first-order valence-electron chi connectivity index (χ1n) is 3.04. The summed E-state index contributed by atoms with van der Waals surface area (Å²) in [6, 6.07) is 0. The van der Waals surface area contributed by atoms with Gasteiger partial charge < -0.3 is 10.8 Å². The second-order valence-corrected chi connectivity index (χ2v) is 3.00. The molecule has 1 amide bonds. The average molecular weight is 172 g/mol. The van der Waals surface area contributed by atoms with Gasteiger partial charge in [-0.05, 0) is 6.92 Å². The number of hydrogen-bond acceptors (Lipinski definition) is 4. The lowest BCUT2D eigenvalue weighted by atomic mass is 10.4. The molecule has 1 aromatic rings. The van der Waals surface area contributed by atoms with Crippen molar-refractivity contribution in [2.75, 3.05) is 0 Å². The number of thiazole rings is 1. The maximum Gasteiger partial charge on any atom is 0.268 e. The van der Waals surface area contributed by atoms with Crippen LogP contribution in [0.25, 0.3) is 0 Å². The normalized spacial score (nSPS) is 12.9. The maximum atomic E-state index is 10.5. The van der Waals surface area contributed by atoms with Gasteiger partial charge in [0.05, 0.1) is 0 Å². The van der Waals surface area contributed by atoms with Crippen molar-refractivity contribution < 1.29 is 9.90 Å². The Balaban J connectivity index is 2.90. The van der Waals surface area contributed by atoms with Crippen molar-refractivity contribution in [1.29, 1.82) is 0 Å². The second kappa shape index (κ2) is 2.98. The lowest BCUT2D eigenvalue weighted by molar-refractivity contribution is 0.0995. The van der Waals surface area contributed by atoms with Crippen molar-refractivity contribution in [3.63, 3.8) is 0 Å². The number of aromatic nitrogens is 1. The first-order valence-corrected chi connectivity index (χ1v) is 3.92. The zero-order valence-corrected chi connectivity index (χ0v) is 6.76. The molecular formula is C6H8N2O2S. The number of carbonyl (C=O) groups excluding carboxylic acids is 1. The van der Waals surface area contributed by atoms with E-state index in [-0.39, 0.29) is 5.69 Å². The number of rotatable bonds is 2. The summed E-state index contributed by atoms with van der Waals surface area (Å²) in [5.41, 5.74) is 5.16. The van der Waals surface area contributed by atoms with Gasteiger partial charge in [-0.3, -0.25) is 4.79 Å². The third kappa shape index (κ3) is 1.75. The fourth-order valence-corrected chi connectivity index (χ4v) is 1.34.